The van der Waals surface area contributed by atoms with E-state index in [0.29, 0.717) is 11.1 Å². The molecule has 1 aliphatic rings. The van der Waals surface area contributed by atoms with Gasteiger partial charge in [0, 0.05) is 17.7 Å². The minimum Gasteiger partial charge on any atom is -0.379 e. The smallest absolute Gasteiger partial charge is 0.0594 e. The summed E-state index contributed by atoms with van der Waals surface area (Å²) in [6.45, 7) is 5.53. The van der Waals surface area contributed by atoms with Crippen LogP contribution in [0.3, 0.4) is 0 Å². The van der Waals surface area contributed by atoms with E-state index in [1.807, 2.05) is 0 Å². The number of rotatable bonds is 4. The van der Waals surface area contributed by atoms with Crippen molar-refractivity contribution in [3.63, 3.8) is 0 Å². The molecular weight excluding hydrogens is 200 g/mol. The van der Waals surface area contributed by atoms with Gasteiger partial charge in [0.05, 0.1) is 9.52 Å². The Morgan fingerprint density at radius 1 is 1.54 bits per heavy atom. The van der Waals surface area contributed by atoms with Gasteiger partial charge in [0.25, 0.3) is 0 Å². The molecule has 0 spiro atoms. The topological polar surface area (TPSA) is 9.23 Å². The SMILES string of the molecule is CC(CCl)C[SiH2]C1(C)CCCCO1. The summed E-state index contributed by atoms with van der Waals surface area (Å²) < 4.78 is 5.88. The molecule has 1 fully saturated rings. The molecule has 0 aromatic carbocycles. The monoisotopic (exact) mass is 220 g/mol. The lowest BCUT2D eigenvalue weighted by Gasteiger charge is -2.34. The van der Waals surface area contributed by atoms with Crippen molar-refractivity contribution in [2.24, 2.45) is 5.92 Å². The zero-order valence-electron chi connectivity index (χ0n) is 8.81. The fourth-order valence-electron chi connectivity index (χ4n) is 1.82. The van der Waals surface area contributed by atoms with Crippen molar-refractivity contribution in [2.75, 3.05) is 12.5 Å². The molecule has 0 aromatic rings. The molecular formula is C10H21ClOSi. The highest BCUT2D eigenvalue weighted by Gasteiger charge is 2.27. The van der Waals surface area contributed by atoms with E-state index < -0.39 is 0 Å². The van der Waals surface area contributed by atoms with Gasteiger partial charge in [0.15, 0.2) is 0 Å². The van der Waals surface area contributed by atoms with Crippen LogP contribution in [0, 0.1) is 5.92 Å². The third kappa shape index (κ3) is 4.01. The zero-order chi connectivity index (χ0) is 9.73. The van der Waals surface area contributed by atoms with Crippen LogP contribution in [-0.2, 0) is 4.74 Å². The fourth-order valence-corrected chi connectivity index (χ4v) is 4.33. The van der Waals surface area contributed by atoms with Crippen LogP contribution >= 0.6 is 11.6 Å². The molecule has 1 saturated heterocycles. The molecule has 0 radical (unpaired) electrons. The average molecular weight is 221 g/mol. The van der Waals surface area contributed by atoms with E-state index in [9.17, 15) is 0 Å². The van der Waals surface area contributed by atoms with E-state index in [1.165, 1.54) is 25.3 Å². The molecule has 0 N–H and O–H groups in total. The van der Waals surface area contributed by atoms with Crippen LogP contribution in [0.1, 0.15) is 33.1 Å². The number of hydrogen-bond donors (Lipinski definition) is 0. The molecule has 0 saturated carbocycles. The van der Waals surface area contributed by atoms with Crippen molar-refractivity contribution in [3.05, 3.63) is 0 Å². The highest BCUT2D eigenvalue weighted by molar-refractivity contribution is 6.39. The van der Waals surface area contributed by atoms with Gasteiger partial charge in [0.1, 0.15) is 0 Å². The second-order valence-corrected chi connectivity index (χ2v) is 7.44. The van der Waals surface area contributed by atoms with E-state index in [-0.39, 0.29) is 9.52 Å². The molecule has 78 valence electrons. The van der Waals surface area contributed by atoms with Crippen molar-refractivity contribution in [3.8, 4) is 0 Å². The quantitative estimate of drug-likeness (QED) is 0.522. The Morgan fingerprint density at radius 3 is 2.85 bits per heavy atom. The van der Waals surface area contributed by atoms with Crippen molar-refractivity contribution in [1.82, 2.24) is 0 Å². The predicted molar refractivity (Wildman–Crippen MR) is 61.4 cm³/mol. The van der Waals surface area contributed by atoms with E-state index in [2.05, 4.69) is 13.8 Å². The van der Waals surface area contributed by atoms with Crippen molar-refractivity contribution in [1.29, 1.82) is 0 Å². The van der Waals surface area contributed by atoms with Gasteiger partial charge in [-0.05, 0) is 32.1 Å². The maximum Gasteiger partial charge on any atom is 0.0594 e. The number of hydrogen-bond acceptors (Lipinski definition) is 1. The van der Waals surface area contributed by atoms with Crippen LogP contribution in [0.25, 0.3) is 0 Å². The normalized spacial score (nSPS) is 32.5. The lowest BCUT2D eigenvalue weighted by atomic mass is 10.1. The molecule has 1 rings (SSSR count). The molecule has 0 aliphatic carbocycles. The van der Waals surface area contributed by atoms with Crippen LogP contribution in [-0.4, -0.2) is 27.2 Å². The van der Waals surface area contributed by atoms with Gasteiger partial charge in [0.2, 0.25) is 0 Å². The summed E-state index contributed by atoms with van der Waals surface area (Å²) in [5.74, 6) is 1.50. The fraction of sp³-hybridized carbons (Fsp3) is 1.00. The molecule has 3 heteroatoms. The molecule has 1 aliphatic heterocycles. The van der Waals surface area contributed by atoms with Crippen LogP contribution in [0.2, 0.25) is 6.04 Å². The maximum absolute atomic E-state index is 5.88. The van der Waals surface area contributed by atoms with Gasteiger partial charge in [-0.15, -0.1) is 11.6 Å². The van der Waals surface area contributed by atoms with Gasteiger partial charge >= 0.3 is 0 Å². The minimum atomic E-state index is -0.0960. The molecule has 0 amide bonds. The largest absolute Gasteiger partial charge is 0.379 e. The van der Waals surface area contributed by atoms with E-state index in [4.69, 9.17) is 16.3 Å². The highest BCUT2D eigenvalue weighted by Crippen LogP contribution is 2.25. The van der Waals surface area contributed by atoms with Crippen LogP contribution in [0.5, 0.6) is 0 Å². The van der Waals surface area contributed by atoms with Gasteiger partial charge < -0.3 is 4.74 Å². The molecule has 0 aromatic heterocycles. The first kappa shape index (κ1) is 11.5. The lowest BCUT2D eigenvalue weighted by molar-refractivity contribution is -0.00751. The van der Waals surface area contributed by atoms with E-state index >= 15 is 0 Å². The summed E-state index contributed by atoms with van der Waals surface area (Å²) in [7, 11) is -0.0960. The summed E-state index contributed by atoms with van der Waals surface area (Å²) in [5.41, 5.74) is 0. The van der Waals surface area contributed by atoms with E-state index in [1.54, 1.807) is 0 Å². The second-order valence-electron chi connectivity index (χ2n) is 4.55. The van der Waals surface area contributed by atoms with Crippen molar-refractivity contribution >= 4 is 21.1 Å². The molecule has 2 atom stereocenters. The van der Waals surface area contributed by atoms with Crippen LogP contribution in [0.15, 0.2) is 0 Å². The lowest BCUT2D eigenvalue weighted by Crippen LogP contribution is -2.39. The summed E-state index contributed by atoms with van der Waals surface area (Å²) in [6, 6.07) is 1.33. The Hall–Kier alpha value is 0.467. The first-order valence-corrected chi connectivity index (χ1v) is 7.60. The van der Waals surface area contributed by atoms with Crippen LogP contribution < -0.4 is 0 Å². The van der Waals surface area contributed by atoms with Gasteiger partial charge in [-0.25, -0.2) is 0 Å². The number of halogens is 1. The Labute approximate surface area is 89.0 Å². The van der Waals surface area contributed by atoms with E-state index in [0.717, 1.165) is 12.5 Å². The molecule has 0 bridgehead atoms. The number of alkyl halides is 1. The maximum atomic E-state index is 5.88. The van der Waals surface area contributed by atoms with Crippen molar-refractivity contribution < 1.29 is 4.74 Å². The third-order valence-corrected chi connectivity index (χ3v) is 6.40. The summed E-state index contributed by atoms with van der Waals surface area (Å²) >= 11 is 5.80. The molecule has 13 heavy (non-hydrogen) atoms. The third-order valence-electron chi connectivity index (χ3n) is 2.98. The van der Waals surface area contributed by atoms with Gasteiger partial charge in [-0.3, -0.25) is 0 Å². The average Bonchev–Trinajstić information content (AvgIpc) is 2.15. The summed E-state index contributed by atoms with van der Waals surface area (Å²) in [6.07, 6.45) is 3.90. The Kier molecular flexibility index (Phi) is 4.77. The first-order valence-electron chi connectivity index (χ1n) is 5.36. The highest BCUT2D eigenvalue weighted by atomic mass is 35.5. The van der Waals surface area contributed by atoms with Crippen molar-refractivity contribution in [2.45, 2.75) is 44.4 Å². The summed E-state index contributed by atoms with van der Waals surface area (Å²) in [4.78, 5) is 0. The molecule has 2 unspecified atom stereocenters. The first-order chi connectivity index (χ1) is 6.16. The minimum absolute atomic E-state index is 0.0960. The molecule has 1 nitrogen and oxygen atoms in total. The predicted octanol–water partition coefficient (Wildman–Crippen LogP) is 2.37. The second kappa shape index (κ2) is 5.37. The van der Waals surface area contributed by atoms with Gasteiger partial charge in [-0.1, -0.05) is 13.0 Å². The Balaban J connectivity index is 2.24. The van der Waals surface area contributed by atoms with Gasteiger partial charge in [-0.2, -0.15) is 0 Å². The Morgan fingerprint density at radius 2 is 2.31 bits per heavy atom. The molecule has 1 heterocycles. The standard InChI is InChI=1S/C10H21ClOSi/c1-9(7-11)8-13-10(2)5-3-4-6-12-10/h9H,3-8,13H2,1-2H3. The zero-order valence-corrected chi connectivity index (χ0v) is 11.0. The summed E-state index contributed by atoms with van der Waals surface area (Å²) in [5, 5.41) is 0.290. The number of ether oxygens (including phenoxy) is 1. The van der Waals surface area contributed by atoms with Crippen LogP contribution in [0.4, 0.5) is 0 Å². The Bertz CT molecular complexity index is 146.